The van der Waals surface area contributed by atoms with Crippen molar-refractivity contribution in [3.63, 3.8) is 0 Å². The van der Waals surface area contributed by atoms with Crippen molar-refractivity contribution in [1.29, 1.82) is 0 Å². The van der Waals surface area contributed by atoms with E-state index in [0.717, 1.165) is 17.4 Å². The maximum Gasteiger partial charge on any atom is 0.240 e. The first kappa shape index (κ1) is 19.2. The maximum absolute atomic E-state index is 13.7. The Balaban J connectivity index is 1.94. The van der Waals surface area contributed by atoms with E-state index in [1.54, 1.807) is 0 Å². The van der Waals surface area contributed by atoms with Crippen molar-refractivity contribution in [1.82, 2.24) is 4.72 Å². The molecule has 2 aromatic carbocycles. The first-order chi connectivity index (χ1) is 12.0. The molecule has 7 heteroatoms. The highest BCUT2D eigenvalue weighted by Gasteiger charge is 2.16. The molecule has 0 aliphatic heterocycles. The molecule has 0 saturated carbocycles. The normalized spacial score (nSPS) is 11.3. The van der Waals surface area contributed by atoms with Gasteiger partial charge in [0.25, 0.3) is 0 Å². The molecule has 0 bridgehead atoms. The minimum Gasteiger partial charge on any atom is -0.494 e. The summed E-state index contributed by atoms with van der Waals surface area (Å²) in [5.74, 6) is 0.104. The van der Waals surface area contributed by atoms with Crippen LogP contribution in [0.5, 0.6) is 11.5 Å². The number of rotatable bonds is 9. The van der Waals surface area contributed by atoms with Gasteiger partial charge < -0.3 is 9.47 Å². The fourth-order valence-electron chi connectivity index (χ4n) is 2.39. The average molecular weight is 367 g/mol. The van der Waals surface area contributed by atoms with Crippen LogP contribution < -0.4 is 14.2 Å². The highest BCUT2D eigenvalue weighted by atomic mass is 32.2. The van der Waals surface area contributed by atoms with Crippen molar-refractivity contribution >= 4 is 10.0 Å². The number of para-hydroxylation sites is 1. The maximum atomic E-state index is 13.7. The molecule has 0 unspecified atom stereocenters. The molecule has 0 aliphatic rings. The monoisotopic (exact) mass is 367 g/mol. The smallest absolute Gasteiger partial charge is 0.240 e. The number of nitrogens with one attached hydrogen (secondary N) is 1. The topological polar surface area (TPSA) is 64.6 Å². The number of hydrogen-bond donors (Lipinski definition) is 1. The van der Waals surface area contributed by atoms with E-state index in [9.17, 15) is 12.8 Å². The van der Waals surface area contributed by atoms with Crippen molar-refractivity contribution < 1.29 is 22.3 Å². The lowest BCUT2D eigenvalue weighted by Crippen LogP contribution is -2.25. The second-order valence-electron chi connectivity index (χ2n) is 5.34. The molecule has 0 amide bonds. The molecule has 0 fully saturated rings. The zero-order valence-electron chi connectivity index (χ0n) is 14.3. The summed E-state index contributed by atoms with van der Waals surface area (Å²) in [5, 5.41) is 0. The standard InChI is InChI=1S/C18H22FNO4S/c1-3-24-17-9-5-4-7-14(17)8-6-12-20-25(21,22)15-10-11-18(23-2)16(19)13-15/h4-5,7,9-11,13,20H,3,6,8,12H2,1-2H3. The summed E-state index contributed by atoms with van der Waals surface area (Å²) in [5.41, 5.74) is 1.03. The van der Waals surface area contributed by atoms with E-state index in [2.05, 4.69) is 4.72 Å². The van der Waals surface area contributed by atoms with Crippen molar-refractivity contribution in [3.8, 4) is 11.5 Å². The number of hydrogen-bond acceptors (Lipinski definition) is 4. The van der Waals surface area contributed by atoms with Gasteiger partial charge in [-0.25, -0.2) is 17.5 Å². The third kappa shape index (κ3) is 5.17. The fourth-order valence-corrected chi connectivity index (χ4v) is 3.48. The Labute approximate surface area is 147 Å². The summed E-state index contributed by atoms with van der Waals surface area (Å²) in [6.45, 7) is 2.74. The van der Waals surface area contributed by atoms with E-state index in [1.807, 2.05) is 31.2 Å². The molecular formula is C18H22FNO4S. The summed E-state index contributed by atoms with van der Waals surface area (Å²) in [6.07, 6.45) is 1.28. The summed E-state index contributed by atoms with van der Waals surface area (Å²) in [6, 6.07) is 11.2. The van der Waals surface area contributed by atoms with E-state index in [0.29, 0.717) is 19.4 Å². The SMILES string of the molecule is CCOc1ccccc1CCCNS(=O)(=O)c1ccc(OC)c(F)c1. The van der Waals surface area contributed by atoms with Crippen LogP contribution in [-0.4, -0.2) is 28.7 Å². The van der Waals surface area contributed by atoms with Crippen LogP contribution in [0.25, 0.3) is 0 Å². The predicted octanol–water partition coefficient (Wildman–Crippen LogP) is 3.14. The van der Waals surface area contributed by atoms with Gasteiger partial charge in [0.05, 0.1) is 18.6 Å². The molecule has 2 aromatic rings. The van der Waals surface area contributed by atoms with Gasteiger partial charge in [-0.15, -0.1) is 0 Å². The minimum atomic E-state index is -3.76. The summed E-state index contributed by atoms with van der Waals surface area (Å²) >= 11 is 0. The Morgan fingerprint density at radius 1 is 1.12 bits per heavy atom. The van der Waals surface area contributed by atoms with Gasteiger partial charge in [0.15, 0.2) is 11.6 Å². The highest BCUT2D eigenvalue weighted by molar-refractivity contribution is 7.89. The predicted molar refractivity (Wildman–Crippen MR) is 94.1 cm³/mol. The van der Waals surface area contributed by atoms with Gasteiger partial charge >= 0.3 is 0 Å². The van der Waals surface area contributed by atoms with Crippen LogP contribution in [0.4, 0.5) is 4.39 Å². The number of sulfonamides is 1. The van der Waals surface area contributed by atoms with Crippen LogP contribution in [0.15, 0.2) is 47.4 Å². The molecule has 5 nitrogen and oxygen atoms in total. The van der Waals surface area contributed by atoms with Crippen molar-refractivity contribution in [2.24, 2.45) is 0 Å². The summed E-state index contributed by atoms with van der Waals surface area (Å²) in [4.78, 5) is -0.125. The van der Waals surface area contributed by atoms with Crippen LogP contribution in [0.3, 0.4) is 0 Å². The molecule has 0 radical (unpaired) electrons. The van der Waals surface area contributed by atoms with E-state index in [-0.39, 0.29) is 17.2 Å². The quantitative estimate of drug-likeness (QED) is 0.692. The Kier molecular flexibility index (Phi) is 6.78. The van der Waals surface area contributed by atoms with Crippen molar-refractivity contribution in [3.05, 3.63) is 53.8 Å². The largest absolute Gasteiger partial charge is 0.494 e. The Morgan fingerprint density at radius 3 is 2.56 bits per heavy atom. The van der Waals surface area contributed by atoms with Gasteiger partial charge in [-0.1, -0.05) is 18.2 Å². The highest BCUT2D eigenvalue weighted by Crippen LogP contribution is 2.21. The number of methoxy groups -OCH3 is 1. The molecule has 0 heterocycles. The van der Waals surface area contributed by atoms with E-state index < -0.39 is 15.8 Å². The lowest BCUT2D eigenvalue weighted by molar-refractivity contribution is 0.336. The second kappa shape index (κ2) is 8.82. The molecular weight excluding hydrogens is 345 g/mol. The third-order valence-electron chi connectivity index (χ3n) is 3.62. The second-order valence-corrected chi connectivity index (χ2v) is 7.11. The minimum absolute atomic E-state index is 0.00600. The number of benzene rings is 2. The Morgan fingerprint density at radius 2 is 1.88 bits per heavy atom. The number of halogens is 1. The molecule has 0 spiro atoms. The van der Waals surface area contributed by atoms with Crippen LogP contribution in [0.2, 0.25) is 0 Å². The van der Waals surface area contributed by atoms with E-state index in [1.165, 1.54) is 19.2 Å². The van der Waals surface area contributed by atoms with Gasteiger partial charge in [0.1, 0.15) is 5.75 Å². The summed E-state index contributed by atoms with van der Waals surface area (Å²) in [7, 11) is -2.44. The van der Waals surface area contributed by atoms with Crippen molar-refractivity contribution in [2.45, 2.75) is 24.7 Å². The average Bonchev–Trinajstić information content (AvgIpc) is 2.60. The van der Waals surface area contributed by atoms with Crippen LogP contribution in [0, 0.1) is 5.82 Å². The van der Waals surface area contributed by atoms with E-state index in [4.69, 9.17) is 9.47 Å². The van der Waals surface area contributed by atoms with Crippen molar-refractivity contribution in [2.75, 3.05) is 20.3 Å². The Hall–Kier alpha value is -2.12. The van der Waals surface area contributed by atoms with Crippen LogP contribution >= 0.6 is 0 Å². The number of aryl methyl sites for hydroxylation is 1. The zero-order valence-corrected chi connectivity index (χ0v) is 15.1. The lowest BCUT2D eigenvalue weighted by atomic mass is 10.1. The first-order valence-electron chi connectivity index (χ1n) is 8.02. The number of ether oxygens (including phenoxy) is 2. The van der Waals surface area contributed by atoms with Gasteiger partial charge in [0, 0.05) is 6.54 Å². The first-order valence-corrected chi connectivity index (χ1v) is 9.50. The lowest BCUT2D eigenvalue weighted by Gasteiger charge is -2.11. The molecule has 1 N–H and O–H groups in total. The molecule has 0 saturated heterocycles. The van der Waals surface area contributed by atoms with Gasteiger partial charge in [0.2, 0.25) is 10.0 Å². The molecule has 0 aliphatic carbocycles. The van der Waals surface area contributed by atoms with Gasteiger partial charge in [-0.2, -0.15) is 0 Å². The molecule has 136 valence electrons. The molecule has 0 aromatic heterocycles. The third-order valence-corrected chi connectivity index (χ3v) is 5.08. The molecule has 2 rings (SSSR count). The van der Waals surface area contributed by atoms with Gasteiger partial charge in [-0.3, -0.25) is 0 Å². The van der Waals surface area contributed by atoms with E-state index >= 15 is 0 Å². The molecule has 25 heavy (non-hydrogen) atoms. The Bertz CT molecular complexity index is 808. The van der Waals surface area contributed by atoms with Crippen LogP contribution in [0.1, 0.15) is 18.9 Å². The zero-order chi connectivity index (χ0) is 18.3. The molecule has 0 atom stereocenters. The van der Waals surface area contributed by atoms with Crippen LogP contribution in [-0.2, 0) is 16.4 Å². The fraction of sp³-hybridized carbons (Fsp3) is 0.333. The van der Waals surface area contributed by atoms with Gasteiger partial charge in [-0.05, 0) is 49.6 Å². The summed E-state index contributed by atoms with van der Waals surface area (Å²) < 4.78 is 50.9.